The molecule has 0 unspecified atom stereocenters. The molecule has 24 heavy (non-hydrogen) atoms. The number of anilines is 1. The summed E-state index contributed by atoms with van der Waals surface area (Å²) in [7, 11) is -2.55. The molecule has 2 aromatic rings. The number of halogens is 1. The van der Waals surface area contributed by atoms with Gasteiger partial charge in [0.2, 0.25) is 0 Å². The van der Waals surface area contributed by atoms with Gasteiger partial charge in [-0.15, -0.1) is 0 Å². The van der Waals surface area contributed by atoms with E-state index in [4.69, 9.17) is 16.3 Å². The lowest BCUT2D eigenvalue weighted by Gasteiger charge is -2.09. The lowest BCUT2D eigenvalue weighted by Crippen LogP contribution is -2.10. The molecule has 0 saturated heterocycles. The maximum absolute atomic E-state index is 12.1. The Labute approximate surface area is 143 Å². The standard InChI is InChI=1S/C15H13ClN2O5S/c1-23-15-7-6-13(18(19)20)10-14(15)17-24(21,22)9-8-11-2-4-12(16)5-3-11/h2-10,17H,1H3/b9-8+. The summed E-state index contributed by atoms with van der Waals surface area (Å²) in [6.45, 7) is 0. The average Bonchev–Trinajstić information content (AvgIpc) is 2.54. The van der Waals surface area contributed by atoms with Gasteiger partial charge in [-0.2, -0.15) is 0 Å². The number of nitrogens with zero attached hydrogens (tertiary/aromatic N) is 1. The van der Waals surface area contributed by atoms with Gasteiger partial charge in [-0.05, 0) is 29.8 Å². The summed E-state index contributed by atoms with van der Waals surface area (Å²) in [5, 5.41) is 12.3. The zero-order chi connectivity index (χ0) is 17.7. The number of nitrogens with one attached hydrogen (secondary N) is 1. The number of hydrogen-bond donors (Lipinski definition) is 1. The van der Waals surface area contributed by atoms with Gasteiger partial charge in [0.05, 0.1) is 23.1 Å². The van der Waals surface area contributed by atoms with Crippen LogP contribution >= 0.6 is 11.6 Å². The van der Waals surface area contributed by atoms with Crippen LogP contribution in [0.5, 0.6) is 5.75 Å². The van der Waals surface area contributed by atoms with Gasteiger partial charge in [-0.3, -0.25) is 14.8 Å². The SMILES string of the molecule is COc1ccc([N+](=O)[O-])cc1NS(=O)(=O)/C=C/c1ccc(Cl)cc1. The monoisotopic (exact) mass is 368 g/mol. The molecule has 2 rings (SSSR count). The van der Waals surface area contributed by atoms with E-state index in [0.717, 1.165) is 11.5 Å². The number of nitro benzene ring substituents is 1. The number of ether oxygens (including phenoxy) is 1. The molecule has 0 aromatic heterocycles. The molecule has 0 aliphatic heterocycles. The van der Waals surface area contributed by atoms with Crippen molar-refractivity contribution in [3.63, 3.8) is 0 Å². The highest BCUT2D eigenvalue weighted by molar-refractivity contribution is 7.95. The van der Waals surface area contributed by atoms with E-state index in [1.54, 1.807) is 24.3 Å². The Morgan fingerprint density at radius 1 is 1.21 bits per heavy atom. The van der Waals surface area contributed by atoms with Gasteiger partial charge in [0, 0.05) is 17.2 Å². The summed E-state index contributed by atoms with van der Waals surface area (Å²) in [5.41, 5.74) is 0.360. The topological polar surface area (TPSA) is 98.5 Å². The predicted molar refractivity (Wildman–Crippen MR) is 92.7 cm³/mol. The molecule has 9 heteroatoms. The largest absolute Gasteiger partial charge is 0.495 e. The van der Waals surface area contributed by atoms with Crippen molar-refractivity contribution in [1.29, 1.82) is 0 Å². The molecular formula is C15H13ClN2O5S. The smallest absolute Gasteiger partial charge is 0.271 e. The Bertz CT molecular complexity index is 879. The van der Waals surface area contributed by atoms with Gasteiger partial charge in [0.15, 0.2) is 0 Å². The van der Waals surface area contributed by atoms with Crippen LogP contribution in [0.15, 0.2) is 47.9 Å². The molecule has 1 N–H and O–H groups in total. The van der Waals surface area contributed by atoms with E-state index < -0.39 is 14.9 Å². The molecular weight excluding hydrogens is 356 g/mol. The Morgan fingerprint density at radius 2 is 1.88 bits per heavy atom. The van der Waals surface area contributed by atoms with E-state index in [1.165, 1.54) is 25.3 Å². The van der Waals surface area contributed by atoms with E-state index in [9.17, 15) is 18.5 Å². The molecule has 2 aromatic carbocycles. The Balaban J connectivity index is 2.26. The lowest BCUT2D eigenvalue weighted by atomic mass is 10.2. The van der Waals surface area contributed by atoms with Crippen molar-refractivity contribution in [3.8, 4) is 5.75 Å². The highest BCUT2D eigenvalue weighted by Gasteiger charge is 2.15. The van der Waals surface area contributed by atoms with Gasteiger partial charge >= 0.3 is 0 Å². The minimum Gasteiger partial charge on any atom is -0.495 e. The maximum atomic E-state index is 12.1. The van der Waals surface area contributed by atoms with E-state index in [1.807, 2.05) is 0 Å². The first kappa shape index (κ1) is 17.8. The average molecular weight is 369 g/mol. The van der Waals surface area contributed by atoms with E-state index in [-0.39, 0.29) is 17.1 Å². The van der Waals surface area contributed by atoms with Crippen LogP contribution in [0.2, 0.25) is 5.02 Å². The normalized spacial score (nSPS) is 11.4. The van der Waals surface area contributed by atoms with Crippen LogP contribution in [0.1, 0.15) is 5.56 Å². The van der Waals surface area contributed by atoms with E-state index in [0.29, 0.717) is 10.6 Å². The second-order valence-electron chi connectivity index (χ2n) is 4.64. The molecule has 0 fully saturated rings. The first-order valence-corrected chi connectivity index (χ1v) is 8.52. The highest BCUT2D eigenvalue weighted by Crippen LogP contribution is 2.29. The molecule has 0 saturated carbocycles. The van der Waals surface area contributed by atoms with Crippen LogP contribution in [0.3, 0.4) is 0 Å². The van der Waals surface area contributed by atoms with Crippen molar-refractivity contribution in [2.45, 2.75) is 0 Å². The molecule has 0 radical (unpaired) electrons. The van der Waals surface area contributed by atoms with Crippen molar-refractivity contribution in [3.05, 3.63) is 68.6 Å². The molecule has 0 aliphatic rings. The van der Waals surface area contributed by atoms with Crippen molar-refractivity contribution < 1.29 is 18.1 Å². The third-order valence-corrected chi connectivity index (χ3v) is 4.21. The number of non-ortho nitro benzene ring substituents is 1. The Hall–Kier alpha value is -2.58. The first-order chi connectivity index (χ1) is 11.3. The summed E-state index contributed by atoms with van der Waals surface area (Å²) >= 11 is 5.76. The van der Waals surface area contributed by atoms with E-state index >= 15 is 0 Å². The number of methoxy groups -OCH3 is 1. The third kappa shape index (κ3) is 4.71. The van der Waals surface area contributed by atoms with Crippen molar-refractivity contribution in [2.24, 2.45) is 0 Å². The lowest BCUT2D eigenvalue weighted by molar-refractivity contribution is -0.384. The number of sulfonamides is 1. The van der Waals surface area contributed by atoms with Crippen LogP contribution in [0, 0.1) is 10.1 Å². The summed E-state index contributed by atoms with van der Waals surface area (Å²) in [4.78, 5) is 10.2. The van der Waals surface area contributed by atoms with Gasteiger partial charge in [-0.25, -0.2) is 8.42 Å². The van der Waals surface area contributed by atoms with Gasteiger partial charge in [0.25, 0.3) is 15.7 Å². The zero-order valence-electron chi connectivity index (χ0n) is 12.5. The van der Waals surface area contributed by atoms with Crippen LogP contribution in [-0.2, 0) is 10.0 Å². The van der Waals surface area contributed by atoms with Crippen molar-refractivity contribution >= 4 is 39.1 Å². The molecule has 0 aliphatic carbocycles. The fourth-order valence-electron chi connectivity index (χ4n) is 1.82. The molecule has 7 nitrogen and oxygen atoms in total. The molecule has 126 valence electrons. The zero-order valence-corrected chi connectivity index (χ0v) is 14.0. The quantitative estimate of drug-likeness (QED) is 0.619. The second kappa shape index (κ2) is 7.33. The summed E-state index contributed by atoms with van der Waals surface area (Å²) in [6, 6.07) is 10.2. The minimum absolute atomic E-state index is 0.0209. The molecule has 0 atom stereocenters. The van der Waals surface area contributed by atoms with Crippen LogP contribution in [0.4, 0.5) is 11.4 Å². The molecule has 0 spiro atoms. The summed E-state index contributed by atoms with van der Waals surface area (Å²) in [6.07, 6.45) is 1.38. The fourth-order valence-corrected chi connectivity index (χ4v) is 2.81. The van der Waals surface area contributed by atoms with Gasteiger partial charge < -0.3 is 4.74 Å². The predicted octanol–water partition coefficient (Wildman–Crippen LogP) is 3.67. The van der Waals surface area contributed by atoms with Crippen molar-refractivity contribution in [2.75, 3.05) is 11.8 Å². The van der Waals surface area contributed by atoms with Crippen molar-refractivity contribution in [1.82, 2.24) is 0 Å². The van der Waals surface area contributed by atoms with Crippen LogP contribution in [-0.4, -0.2) is 20.5 Å². The summed E-state index contributed by atoms with van der Waals surface area (Å²) in [5.74, 6) is 0.170. The number of benzene rings is 2. The Kier molecular flexibility index (Phi) is 5.42. The second-order valence-corrected chi connectivity index (χ2v) is 6.65. The summed E-state index contributed by atoms with van der Waals surface area (Å²) < 4.78 is 31.5. The maximum Gasteiger partial charge on any atom is 0.271 e. The molecule has 0 bridgehead atoms. The first-order valence-electron chi connectivity index (χ1n) is 6.59. The van der Waals surface area contributed by atoms with Gasteiger partial charge in [-0.1, -0.05) is 23.7 Å². The number of rotatable bonds is 6. The number of hydrogen-bond acceptors (Lipinski definition) is 5. The highest BCUT2D eigenvalue weighted by atomic mass is 35.5. The Morgan fingerprint density at radius 3 is 2.46 bits per heavy atom. The molecule has 0 amide bonds. The minimum atomic E-state index is -3.88. The van der Waals surface area contributed by atoms with Crippen LogP contribution in [0.25, 0.3) is 6.08 Å². The van der Waals surface area contributed by atoms with Gasteiger partial charge in [0.1, 0.15) is 5.75 Å². The van der Waals surface area contributed by atoms with E-state index in [2.05, 4.69) is 4.72 Å². The molecule has 0 heterocycles. The fraction of sp³-hybridized carbons (Fsp3) is 0.0667. The van der Waals surface area contributed by atoms with Crippen LogP contribution < -0.4 is 9.46 Å². The third-order valence-electron chi connectivity index (χ3n) is 2.96. The number of nitro groups is 1.